The van der Waals surface area contributed by atoms with Crippen molar-refractivity contribution in [1.82, 2.24) is 4.90 Å². The van der Waals surface area contributed by atoms with E-state index in [0.29, 0.717) is 6.54 Å². The van der Waals surface area contributed by atoms with Gasteiger partial charge in [-0.25, -0.2) is 0 Å². The fourth-order valence-corrected chi connectivity index (χ4v) is 2.89. The lowest BCUT2D eigenvalue weighted by Gasteiger charge is -2.20. The van der Waals surface area contributed by atoms with Crippen LogP contribution < -0.4 is 4.74 Å². The number of benzene rings is 1. The molecule has 1 atom stereocenters. The van der Waals surface area contributed by atoms with Gasteiger partial charge in [0.15, 0.2) is 0 Å². The number of nitrogens with zero attached hydrogens (tertiary/aromatic N) is 1. The number of carboxylic acid groups (broad SMARTS) is 1. The zero-order valence-corrected chi connectivity index (χ0v) is 13.9. The summed E-state index contributed by atoms with van der Waals surface area (Å²) < 4.78 is 40.2. The first-order chi connectivity index (χ1) is 10.8. The van der Waals surface area contributed by atoms with E-state index >= 15 is 0 Å². The molecule has 0 aromatic heterocycles. The van der Waals surface area contributed by atoms with Gasteiger partial charge in [-0.15, -0.1) is 25.6 Å². The molecule has 136 valence electrons. The molecule has 0 aliphatic carbocycles. The summed E-state index contributed by atoms with van der Waals surface area (Å²) in [6.07, 6.45) is -1.79. The van der Waals surface area contributed by atoms with Gasteiger partial charge in [0.2, 0.25) is 0 Å². The van der Waals surface area contributed by atoms with Crippen molar-refractivity contribution in [2.24, 2.45) is 5.92 Å². The Kier molecular flexibility index (Phi) is 7.83. The first kappa shape index (κ1) is 20.6. The average molecular weight is 368 g/mol. The van der Waals surface area contributed by atoms with Crippen LogP contribution in [-0.2, 0) is 11.3 Å². The van der Waals surface area contributed by atoms with Crippen molar-refractivity contribution in [2.75, 3.05) is 13.1 Å². The Labute approximate surface area is 145 Å². The van der Waals surface area contributed by atoms with Crippen molar-refractivity contribution < 1.29 is 27.8 Å². The molecule has 1 aromatic carbocycles. The number of ether oxygens (including phenoxy) is 1. The molecule has 0 bridgehead atoms. The number of likely N-dealkylation sites (tertiary alicyclic amines) is 1. The molecule has 8 heteroatoms. The van der Waals surface area contributed by atoms with E-state index < -0.39 is 12.3 Å². The first-order valence-electron chi connectivity index (χ1n) is 7.60. The summed E-state index contributed by atoms with van der Waals surface area (Å²) in [4.78, 5) is 13.0. The second kappa shape index (κ2) is 9.13. The molecule has 1 heterocycles. The van der Waals surface area contributed by atoms with Crippen LogP contribution in [0.3, 0.4) is 0 Å². The Bertz CT molecular complexity index is 522. The molecule has 0 radical (unpaired) electrons. The van der Waals surface area contributed by atoms with Gasteiger partial charge in [0, 0.05) is 13.0 Å². The molecule has 1 saturated heterocycles. The Balaban J connectivity index is 0.00000288. The second-order valence-electron chi connectivity index (χ2n) is 5.86. The molecular weight excluding hydrogens is 347 g/mol. The van der Waals surface area contributed by atoms with Crippen molar-refractivity contribution in [2.45, 2.75) is 38.6 Å². The van der Waals surface area contributed by atoms with Crippen molar-refractivity contribution in [3.05, 3.63) is 29.8 Å². The quantitative estimate of drug-likeness (QED) is 0.851. The number of alkyl halides is 3. The lowest BCUT2D eigenvalue weighted by atomic mass is 9.97. The molecule has 0 amide bonds. The predicted octanol–water partition coefficient (Wildman–Crippen LogP) is 4.08. The Morgan fingerprint density at radius 2 is 1.88 bits per heavy atom. The molecular formula is C16H21ClF3NO3. The number of hydrogen-bond acceptors (Lipinski definition) is 3. The van der Waals surface area contributed by atoms with Gasteiger partial charge in [-0.1, -0.05) is 12.1 Å². The standard InChI is InChI=1S/C16H20F3NO3.ClH/c17-16(18,19)23-14-5-3-13(4-6-14)11-20-8-1-2-12(7-9-20)10-15(21)22;/h3-6,12H,1-2,7-11H2,(H,21,22);1H. The van der Waals surface area contributed by atoms with Crippen LogP contribution in [0.1, 0.15) is 31.2 Å². The van der Waals surface area contributed by atoms with Crippen LogP contribution in [0.2, 0.25) is 0 Å². The summed E-state index contributed by atoms with van der Waals surface area (Å²) in [5, 5.41) is 8.86. The zero-order chi connectivity index (χ0) is 16.9. The third kappa shape index (κ3) is 7.40. The van der Waals surface area contributed by atoms with E-state index in [0.717, 1.165) is 37.9 Å². The highest BCUT2D eigenvalue weighted by atomic mass is 35.5. The van der Waals surface area contributed by atoms with Crippen LogP contribution >= 0.6 is 12.4 Å². The number of hydrogen-bond donors (Lipinski definition) is 1. The summed E-state index contributed by atoms with van der Waals surface area (Å²) in [6, 6.07) is 5.88. The molecule has 4 nitrogen and oxygen atoms in total. The highest BCUT2D eigenvalue weighted by Gasteiger charge is 2.31. The van der Waals surface area contributed by atoms with E-state index in [1.54, 1.807) is 12.1 Å². The summed E-state index contributed by atoms with van der Waals surface area (Å²) in [7, 11) is 0. The topological polar surface area (TPSA) is 49.8 Å². The van der Waals surface area contributed by atoms with Crippen LogP contribution in [-0.4, -0.2) is 35.4 Å². The van der Waals surface area contributed by atoms with E-state index in [1.807, 2.05) is 0 Å². The molecule has 0 spiro atoms. The van der Waals surface area contributed by atoms with Crippen LogP contribution in [0.25, 0.3) is 0 Å². The van der Waals surface area contributed by atoms with Gasteiger partial charge < -0.3 is 9.84 Å². The summed E-state index contributed by atoms with van der Waals surface area (Å²) >= 11 is 0. The summed E-state index contributed by atoms with van der Waals surface area (Å²) in [6.45, 7) is 2.32. The highest BCUT2D eigenvalue weighted by molar-refractivity contribution is 5.85. The number of carbonyl (C=O) groups is 1. The van der Waals surface area contributed by atoms with Gasteiger partial charge in [0.05, 0.1) is 0 Å². The molecule has 1 aliphatic rings. The Morgan fingerprint density at radius 1 is 1.21 bits per heavy atom. The predicted molar refractivity (Wildman–Crippen MR) is 85.2 cm³/mol. The van der Waals surface area contributed by atoms with Crippen molar-refractivity contribution in [3.63, 3.8) is 0 Å². The van der Waals surface area contributed by atoms with Crippen LogP contribution in [0.15, 0.2) is 24.3 Å². The maximum Gasteiger partial charge on any atom is 0.573 e. The largest absolute Gasteiger partial charge is 0.573 e. The SMILES string of the molecule is Cl.O=C(O)CC1CCCN(Cc2ccc(OC(F)(F)F)cc2)CC1. The molecule has 24 heavy (non-hydrogen) atoms. The molecule has 1 fully saturated rings. The highest BCUT2D eigenvalue weighted by Crippen LogP contribution is 2.24. The summed E-state index contributed by atoms with van der Waals surface area (Å²) in [5.41, 5.74) is 0.913. The van der Waals surface area contributed by atoms with Gasteiger partial charge >= 0.3 is 12.3 Å². The van der Waals surface area contributed by atoms with Crippen molar-refractivity contribution >= 4 is 18.4 Å². The zero-order valence-electron chi connectivity index (χ0n) is 13.1. The Hall–Kier alpha value is -1.47. The lowest BCUT2D eigenvalue weighted by molar-refractivity contribution is -0.274. The summed E-state index contributed by atoms with van der Waals surface area (Å²) in [5.74, 6) is -0.776. The van der Waals surface area contributed by atoms with Crippen LogP contribution in [0.4, 0.5) is 13.2 Å². The minimum atomic E-state index is -4.68. The first-order valence-corrected chi connectivity index (χ1v) is 7.60. The van der Waals surface area contributed by atoms with E-state index in [4.69, 9.17) is 5.11 Å². The van der Waals surface area contributed by atoms with E-state index in [9.17, 15) is 18.0 Å². The van der Waals surface area contributed by atoms with Crippen LogP contribution in [0.5, 0.6) is 5.75 Å². The minimum absolute atomic E-state index is 0. The number of carboxylic acids is 1. The van der Waals surface area contributed by atoms with Crippen molar-refractivity contribution in [3.8, 4) is 5.75 Å². The molecule has 1 N–H and O–H groups in total. The van der Waals surface area contributed by atoms with Gasteiger partial charge in [0.25, 0.3) is 0 Å². The van der Waals surface area contributed by atoms with Crippen LogP contribution in [0, 0.1) is 5.92 Å². The van der Waals surface area contributed by atoms with Gasteiger partial charge in [-0.05, 0) is 56.0 Å². The normalized spacial score (nSPS) is 19.2. The van der Waals surface area contributed by atoms with E-state index in [-0.39, 0.29) is 30.5 Å². The maximum absolute atomic E-state index is 12.1. The lowest BCUT2D eigenvalue weighted by Crippen LogP contribution is -2.24. The molecule has 1 aliphatic heterocycles. The fourth-order valence-electron chi connectivity index (χ4n) is 2.89. The second-order valence-corrected chi connectivity index (χ2v) is 5.86. The van der Waals surface area contributed by atoms with E-state index in [1.165, 1.54) is 12.1 Å². The van der Waals surface area contributed by atoms with Gasteiger partial charge in [-0.2, -0.15) is 0 Å². The monoisotopic (exact) mass is 367 g/mol. The number of halogens is 4. The minimum Gasteiger partial charge on any atom is -0.481 e. The Morgan fingerprint density at radius 3 is 2.46 bits per heavy atom. The molecule has 0 saturated carbocycles. The fraction of sp³-hybridized carbons (Fsp3) is 0.562. The maximum atomic E-state index is 12.1. The van der Waals surface area contributed by atoms with E-state index in [2.05, 4.69) is 9.64 Å². The molecule has 1 aromatic rings. The third-order valence-electron chi connectivity index (χ3n) is 3.97. The average Bonchev–Trinajstić information content (AvgIpc) is 2.64. The smallest absolute Gasteiger partial charge is 0.481 e. The molecule has 2 rings (SSSR count). The number of aliphatic carboxylic acids is 1. The van der Waals surface area contributed by atoms with Gasteiger partial charge in [0.1, 0.15) is 5.75 Å². The third-order valence-corrected chi connectivity index (χ3v) is 3.97. The van der Waals surface area contributed by atoms with Crippen molar-refractivity contribution in [1.29, 1.82) is 0 Å². The number of rotatable bonds is 5. The molecule has 1 unspecified atom stereocenters. The van der Waals surface area contributed by atoms with Gasteiger partial charge in [-0.3, -0.25) is 9.69 Å².